The number of benzene rings is 1. The van der Waals surface area contributed by atoms with Gasteiger partial charge in [0, 0.05) is 18.5 Å². The highest BCUT2D eigenvalue weighted by Crippen LogP contribution is 2.30. The summed E-state index contributed by atoms with van der Waals surface area (Å²) in [5, 5.41) is 2.64. The third-order valence-electron chi connectivity index (χ3n) is 4.51. The monoisotopic (exact) mass is 355 g/mol. The first-order valence-corrected chi connectivity index (χ1v) is 7.77. The van der Waals surface area contributed by atoms with Gasteiger partial charge in [0.2, 0.25) is 11.8 Å². The molecule has 1 N–H and O–H groups in total. The Morgan fingerprint density at radius 1 is 1.20 bits per heavy atom. The maximum absolute atomic E-state index is 12.7. The number of nitrogens with one attached hydrogen (secondary N) is 1. The Morgan fingerprint density at radius 3 is 2.44 bits per heavy atom. The van der Waals surface area contributed by atoms with Crippen LogP contribution < -0.4 is 5.32 Å². The van der Waals surface area contributed by atoms with E-state index in [0.29, 0.717) is 0 Å². The van der Waals surface area contributed by atoms with Crippen molar-refractivity contribution in [2.45, 2.75) is 31.7 Å². The molecule has 0 radical (unpaired) electrons. The zero-order valence-corrected chi connectivity index (χ0v) is 13.3. The number of halogens is 3. The van der Waals surface area contributed by atoms with E-state index in [2.05, 4.69) is 5.32 Å². The maximum atomic E-state index is 12.7. The third kappa shape index (κ3) is 3.06. The van der Waals surface area contributed by atoms with Crippen LogP contribution in [0.4, 0.5) is 13.2 Å². The van der Waals surface area contributed by atoms with Gasteiger partial charge in [-0.25, -0.2) is 0 Å². The number of amides is 3. The summed E-state index contributed by atoms with van der Waals surface area (Å²) >= 11 is 0. The Kier molecular flexibility index (Phi) is 4.18. The molecule has 2 atom stereocenters. The number of carbonyl (C=O) groups is 3. The molecule has 0 saturated carbocycles. The van der Waals surface area contributed by atoms with Gasteiger partial charge < -0.3 is 15.1 Å². The topological polar surface area (TPSA) is 69.7 Å². The number of rotatable bonds is 1. The quantitative estimate of drug-likeness (QED) is 0.824. The SMILES string of the molecule is CC1C(=O)NCC2N(C(=O)c3ccc(C(F)(F)F)cc3)CCC(=O)N12. The average Bonchev–Trinajstić information content (AvgIpc) is 2.57. The van der Waals surface area contributed by atoms with Gasteiger partial charge in [-0.2, -0.15) is 13.2 Å². The molecule has 2 saturated heterocycles. The van der Waals surface area contributed by atoms with E-state index in [1.165, 1.54) is 9.80 Å². The predicted molar refractivity (Wildman–Crippen MR) is 80.2 cm³/mol. The van der Waals surface area contributed by atoms with E-state index in [0.717, 1.165) is 24.3 Å². The lowest BCUT2D eigenvalue weighted by Gasteiger charge is -2.48. The standard InChI is InChI=1S/C16H16F3N3O3/c1-9-14(24)20-8-12-21(7-6-13(23)22(9)12)15(25)10-2-4-11(5-3-10)16(17,18)19/h2-5,9,12H,6-8H2,1H3,(H,20,24). The van der Waals surface area contributed by atoms with Gasteiger partial charge in [0.1, 0.15) is 12.2 Å². The van der Waals surface area contributed by atoms with Crippen LogP contribution in [0, 0.1) is 0 Å². The fourth-order valence-corrected chi connectivity index (χ4v) is 3.16. The minimum absolute atomic E-state index is 0.0699. The summed E-state index contributed by atoms with van der Waals surface area (Å²) < 4.78 is 37.9. The van der Waals surface area contributed by atoms with E-state index >= 15 is 0 Å². The first-order valence-electron chi connectivity index (χ1n) is 7.77. The number of piperazine rings is 1. The zero-order chi connectivity index (χ0) is 18.4. The molecule has 2 heterocycles. The van der Waals surface area contributed by atoms with Crippen LogP contribution in [0.1, 0.15) is 29.3 Å². The molecule has 0 aromatic heterocycles. The van der Waals surface area contributed by atoms with E-state index in [1.54, 1.807) is 6.92 Å². The van der Waals surface area contributed by atoms with Crippen molar-refractivity contribution in [3.63, 3.8) is 0 Å². The molecule has 3 amide bonds. The number of nitrogens with zero attached hydrogens (tertiary/aromatic N) is 2. The predicted octanol–water partition coefficient (Wildman–Crippen LogP) is 1.22. The number of fused-ring (bicyclic) bond motifs is 1. The Balaban J connectivity index is 1.84. The highest BCUT2D eigenvalue weighted by atomic mass is 19.4. The van der Waals surface area contributed by atoms with E-state index in [1.807, 2.05) is 0 Å². The van der Waals surface area contributed by atoms with Crippen LogP contribution in [0.5, 0.6) is 0 Å². The summed E-state index contributed by atoms with van der Waals surface area (Å²) in [4.78, 5) is 39.4. The molecule has 2 aliphatic heterocycles. The van der Waals surface area contributed by atoms with Crippen LogP contribution in [0.15, 0.2) is 24.3 Å². The van der Waals surface area contributed by atoms with E-state index in [-0.39, 0.29) is 36.9 Å². The van der Waals surface area contributed by atoms with Gasteiger partial charge in [-0.1, -0.05) is 0 Å². The first-order chi connectivity index (χ1) is 11.7. The smallest absolute Gasteiger partial charge is 0.350 e. The number of hydrogen-bond acceptors (Lipinski definition) is 3. The van der Waals surface area contributed by atoms with Gasteiger partial charge in [-0.05, 0) is 31.2 Å². The van der Waals surface area contributed by atoms with Gasteiger partial charge in [0.05, 0.1) is 12.1 Å². The number of carbonyl (C=O) groups excluding carboxylic acids is 3. The van der Waals surface area contributed by atoms with E-state index < -0.39 is 29.9 Å². The summed E-state index contributed by atoms with van der Waals surface area (Å²) in [6.07, 6.45) is -5.04. The van der Waals surface area contributed by atoms with Crippen LogP contribution in [0.2, 0.25) is 0 Å². The lowest BCUT2D eigenvalue weighted by Crippen LogP contribution is -2.70. The first kappa shape index (κ1) is 17.2. The number of alkyl halides is 3. The van der Waals surface area contributed by atoms with Crippen molar-refractivity contribution in [3.05, 3.63) is 35.4 Å². The second-order valence-corrected chi connectivity index (χ2v) is 6.03. The molecule has 0 bridgehead atoms. The lowest BCUT2D eigenvalue weighted by atomic mass is 10.0. The summed E-state index contributed by atoms with van der Waals surface area (Å²) in [6, 6.07) is 3.25. The van der Waals surface area contributed by atoms with Gasteiger partial charge >= 0.3 is 6.18 Å². The van der Waals surface area contributed by atoms with Gasteiger partial charge in [-0.15, -0.1) is 0 Å². The molecule has 2 unspecified atom stereocenters. The van der Waals surface area contributed by atoms with Crippen LogP contribution in [-0.4, -0.2) is 52.8 Å². The Morgan fingerprint density at radius 2 is 1.84 bits per heavy atom. The van der Waals surface area contributed by atoms with Crippen molar-refractivity contribution in [1.82, 2.24) is 15.1 Å². The molecule has 0 spiro atoms. The summed E-state index contributed by atoms with van der Waals surface area (Å²) in [5.41, 5.74) is -0.732. The highest BCUT2D eigenvalue weighted by molar-refractivity contribution is 5.96. The molecule has 25 heavy (non-hydrogen) atoms. The van der Waals surface area contributed by atoms with E-state index in [4.69, 9.17) is 0 Å². The Bertz CT molecular complexity index is 718. The fourth-order valence-electron chi connectivity index (χ4n) is 3.16. The molecule has 1 aromatic carbocycles. The average molecular weight is 355 g/mol. The summed E-state index contributed by atoms with van der Waals surface area (Å²) in [6.45, 7) is 1.83. The molecular formula is C16H16F3N3O3. The highest BCUT2D eigenvalue weighted by Gasteiger charge is 2.44. The van der Waals surface area contributed by atoms with Crippen molar-refractivity contribution in [3.8, 4) is 0 Å². The maximum Gasteiger partial charge on any atom is 0.416 e. The van der Waals surface area contributed by atoms with Crippen LogP contribution in [0.25, 0.3) is 0 Å². The zero-order valence-electron chi connectivity index (χ0n) is 13.3. The van der Waals surface area contributed by atoms with Crippen molar-refractivity contribution in [2.75, 3.05) is 13.1 Å². The molecular weight excluding hydrogens is 339 g/mol. The van der Waals surface area contributed by atoms with Crippen molar-refractivity contribution in [1.29, 1.82) is 0 Å². The second kappa shape index (κ2) is 6.05. The van der Waals surface area contributed by atoms with Gasteiger partial charge in [-0.3, -0.25) is 14.4 Å². The second-order valence-electron chi connectivity index (χ2n) is 6.03. The largest absolute Gasteiger partial charge is 0.416 e. The summed E-state index contributed by atoms with van der Waals surface area (Å²) in [7, 11) is 0. The van der Waals surface area contributed by atoms with E-state index in [9.17, 15) is 27.6 Å². The number of hydrogen-bond donors (Lipinski definition) is 1. The molecule has 0 aliphatic carbocycles. The fraction of sp³-hybridized carbons (Fsp3) is 0.438. The molecule has 2 fully saturated rings. The minimum atomic E-state index is -4.47. The lowest BCUT2D eigenvalue weighted by molar-refractivity contribution is -0.155. The molecule has 134 valence electrons. The van der Waals surface area contributed by atoms with Crippen LogP contribution in [-0.2, 0) is 15.8 Å². The van der Waals surface area contributed by atoms with Crippen LogP contribution >= 0.6 is 0 Å². The van der Waals surface area contributed by atoms with Crippen molar-refractivity contribution in [2.24, 2.45) is 0 Å². The van der Waals surface area contributed by atoms with Crippen molar-refractivity contribution < 1.29 is 27.6 Å². The Labute approximate surface area is 141 Å². The van der Waals surface area contributed by atoms with Crippen molar-refractivity contribution >= 4 is 17.7 Å². The summed E-state index contributed by atoms with van der Waals surface area (Å²) in [5.74, 6) is -0.989. The van der Waals surface area contributed by atoms with Gasteiger partial charge in [0.15, 0.2) is 0 Å². The molecule has 9 heteroatoms. The molecule has 1 aromatic rings. The Hall–Kier alpha value is -2.58. The van der Waals surface area contributed by atoms with Crippen LogP contribution in [0.3, 0.4) is 0 Å². The minimum Gasteiger partial charge on any atom is -0.350 e. The molecule has 3 rings (SSSR count). The third-order valence-corrected chi connectivity index (χ3v) is 4.51. The molecule has 2 aliphatic rings. The molecule has 6 nitrogen and oxygen atoms in total. The van der Waals surface area contributed by atoms with Gasteiger partial charge in [0.25, 0.3) is 5.91 Å². The normalized spacial score (nSPS) is 24.0.